The number of nitrogens with zero attached hydrogens (tertiary/aromatic N) is 1. The summed E-state index contributed by atoms with van der Waals surface area (Å²) >= 11 is 1.21. The number of thioether (sulfide) groups is 1. The summed E-state index contributed by atoms with van der Waals surface area (Å²) in [6.07, 6.45) is 0.454. The van der Waals surface area contributed by atoms with Gasteiger partial charge >= 0.3 is 0 Å². The van der Waals surface area contributed by atoms with E-state index >= 15 is 0 Å². The zero-order chi connectivity index (χ0) is 20.3. The fourth-order valence-corrected chi connectivity index (χ4v) is 4.13. The minimum Gasteiger partial charge on any atom is -0.396 e. The average molecular weight is 399 g/mol. The van der Waals surface area contributed by atoms with Gasteiger partial charge in [0.05, 0.1) is 17.1 Å². The Morgan fingerprint density at radius 2 is 1.75 bits per heavy atom. The van der Waals surface area contributed by atoms with Gasteiger partial charge in [0, 0.05) is 12.3 Å². The van der Waals surface area contributed by atoms with E-state index in [-0.39, 0.29) is 30.8 Å². The molecule has 0 aliphatic carbocycles. The van der Waals surface area contributed by atoms with Crippen molar-refractivity contribution in [3.8, 4) is 0 Å². The molecule has 0 bridgehead atoms. The zero-order valence-electron chi connectivity index (χ0n) is 15.9. The van der Waals surface area contributed by atoms with Crippen molar-refractivity contribution in [3.05, 3.63) is 75.4 Å². The number of aliphatic hydroxyl groups is 1. The Hall–Kier alpha value is -2.44. The molecule has 0 aromatic heterocycles. The summed E-state index contributed by atoms with van der Waals surface area (Å²) in [7, 11) is 0. The van der Waals surface area contributed by atoms with Crippen LogP contribution in [0.3, 0.4) is 0 Å². The standard InChI is InChI=1S/C22H22FNO3S/c1-14-3-8-18(15(2)13-14)19-20(28-12-11-25)22(27)24(21(19)26)10-9-16-4-6-17(23)7-5-16/h3-8,13,25H,9-12H2,1-2H3. The summed E-state index contributed by atoms with van der Waals surface area (Å²) in [5, 5.41) is 9.18. The molecule has 1 heterocycles. The molecule has 3 rings (SSSR count). The van der Waals surface area contributed by atoms with Crippen LogP contribution in [-0.4, -0.2) is 40.7 Å². The van der Waals surface area contributed by atoms with Gasteiger partial charge in [-0.05, 0) is 49.1 Å². The molecule has 1 aliphatic rings. The number of carbonyl (C=O) groups excluding carboxylic acids is 2. The largest absolute Gasteiger partial charge is 0.396 e. The van der Waals surface area contributed by atoms with Gasteiger partial charge in [0.25, 0.3) is 11.8 Å². The lowest BCUT2D eigenvalue weighted by atomic mass is 9.99. The maximum absolute atomic E-state index is 13.1. The van der Waals surface area contributed by atoms with Gasteiger partial charge in [-0.2, -0.15) is 0 Å². The zero-order valence-corrected chi connectivity index (χ0v) is 16.7. The molecule has 1 aliphatic heterocycles. The first kappa shape index (κ1) is 20.3. The van der Waals surface area contributed by atoms with Crippen molar-refractivity contribution >= 4 is 29.1 Å². The third kappa shape index (κ3) is 4.18. The highest BCUT2D eigenvalue weighted by Gasteiger charge is 2.39. The summed E-state index contributed by atoms with van der Waals surface area (Å²) in [6.45, 7) is 4.04. The van der Waals surface area contributed by atoms with Gasteiger partial charge in [-0.15, -0.1) is 11.8 Å². The lowest BCUT2D eigenvalue weighted by Crippen LogP contribution is -2.33. The molecule has 0 radical (unpaired) electrons. The summed E-state index contributed by atoms with van der Waals surface area (Å²) in [5.74, 6) is -0.632. The van der Waals surface area contributed by atoms with E-state index in [2.05, 4.69) is 0 Å². The van der Waals surface area contributed by atoms with E-state index in [9.17, 15) is 19.1 Å². The molecule has 2 aromatic rings. The predicted octanol–water partition coefficient (Wildman–Crippen LogP) is 3.49. The Labute approximate surface area is 168 Å². The monoisotopic (exact) mass is 399 g/mol. The van der Waals surface area contributed by atoms with Crippen LogP contribution in [-0.2, 0) is 16.0 Å². The van der Waals surface area contributed by atoms with Crippen molar-refractivity contribution in [2.75, 3.05) is 18.9 Å². The first-order valence-electron chi connectivity index (χ1n) is 9.08. The SMILES string of the molecule is Cc1ccc(C2=C(SCCO)C(=O)N(CCc3ccc(F)cc3)C2=O)c(C)c1. The number of hydrogen-bond acceptors (Lipinski definition) is 4. The predicted molar refractivity (Wildman–Crippen MR) is 109 cm³/mol. The van der Waals surface area contributed by atoms with Crippen molar-refractivity contribution in [1.29, 1.82) is 0 Å². The fourth-order valence-electron chi connectivity index (χ4n) is 3.26. The third-order valence-electron chi connectivity index (χ3n) is 4.65. The normalized spacial score (nSPS) is 14.4. The van der Waals surface area contributed by atoms with Gasteiger partial charge in [0.1, 0.15) is 5.82 Å². The molecule has 2 aromatic carbocycles. The molecular formula is C22H22FNO3S. The molecule has 1 N–H and O–H groups in total. The van der Waals surface area contributed by atoms with Crippen LogP contribution < -0.4 is 0 Å². The van der Waals surface area contributed by atoms with E-state index in [1.807, 2.05) is 32.0 Å². The summed E-state index contributed by atoms with van der Waals surface area (Å²) in [5.41, 5.74) is 4.01. The number of imide groups is 1. The average Bonchev–Trinajstić information content (AvgIpc) is 2.89. The van der Waals surface area contributed by atoms with Gasteiger partial charge in [-0.25, -0.2) is 4.39 Å². The van der Waals surface area contributed by atoms with E-state index < -0.39 is 0 Å². The van der Waals surface area contributed by atoms with Crippen LogP contribution in [0.15, 0.2) is 47.4 Å². The van der Waals surface area contributed by atoms with Crippen molar-refractivity contribution in [3.63, 3.8) is 0 Å². The lowest BCUT2D eigenvalue weighted by Gasteiger charge is -2.15. The Morgan fingerprint density at radius 1 is 1.04 bits per heavy atom. The number of aryl methyl sites for hydroxylation is 2. The molecule has 0 unspecified atom stereocenters. The van der Waals surface area contributed by atoms with Crippen LogP contribution >= 0.6 is 11.8 Å². The number of hydrogen-bond donors (Lipinski definition) is 1. The van der Waals surface area contributed by atoms with Crippen molar-refractivity contribution < 1.29 is 19.1 Å². The molecule has 6 heteroatoms. The van der Waals surface area contributed by atoms with E-state index in [4.69, 9.17) is 0 Å². The van der Waals surface area contributed by atoms with E-state index in [1.165, 1.54) is 28.8 Å². The number of rotatable bonds is 7. The van der Waals surface area contributed by atoms with E-state index in [0.717, 1.165) is 22.3 Å². The van der Waals surface area contributed by atoms with Gasteiger partial charge < -0.3 is 5.11 Å². The van der Waals surface area contributed by atoms with Crippen molar-refractivity contribution in [1.82, 2.24) is 4.90 Å². The Bertz CT molecular complexity index is 937. The molecule has 0 fully saturated rings. The van der Waals surface area contributed by atoms with Crippen LogP contribution in [0.1, 0.15) is 22.3 Å². The fraction of sp³-hybridized carbons (Fsp3) is 0.273. The van der Waals surface area contributed by atoms with Gasteiger partial charge in [-0.1, -0.05) is 35.9 Å². The molecule has 0 spiro atoms. The number of amides is 2. The summed E-state index contributed by atoms with van der Waals surface area (Å²) < 4.78 is 13.1. The summed E-state index contributed by atoms with van der Waals surface area (Å²) in [4.78, 5) is 27.7. The third-order valence-corrected chi connectivity index (χ3v) is 5.71. The van der Waals surface area contributed by atoms with E-state index in [0.29, 0.717) is 22.7 Å². The maximum atomic E-state index is 13.1. The number of carbonyl (C=O) groups is 2. The lowest BCUT2D eigenvalue weighted by molar-refractivity contribution is -0.136. The highest BCUT2D eigenvalue weighted by molar-refractivity contribution is 8.04. The highest BCUT2D eigenvalue weighted by Crippen LogP contribution is 2.37. The van der Waals surface area contributed by atoms with Crippen LogP contribution in [0.4, 0.5) is 4.39 Å². The number of aliphatic hydroxyl groups excluding tert-OH is 1. The van der Waals surface area contributed by atoms with Gasteiger partial charge in [0.2, 0.25) is 0 Å². The first-order chi connectivity index (χ1) is 13.4. The van der Waals surface area contributed by atoms with Gasteiger partial charge in [0.15, 0.2) is 0 Å². The minimum absolute atomic E-state index is 0.0780. The molecule has 0 saturated carbocycles. The maximum Gasteiger partial charge on any atom is 0.267 e. The Kier molecular flexibility index (Phi) is 6.31. The minimum atomic E-state index is -0.333. The van der Waals surface area contributed by atoms with Crippen LogP contribution in [0, 0.1) is 19.7 Å². The van der Waals surface area contributed by atoms with Gasteiger partial charge in [-0.3, -0.25) is 14.5 Å². The van der Waals surface area contributed by atoms with E-state index in [1.54, 1.807) is 12.1 Å². The van der Waals surface area contributed by atoms with Crippen LogP contribution in [0.2, 0.25) is 0 Å². The summed E-state index contributed by atoms with van der Waals surface area (Å²) in [6, 6.07) is 11.8. The first-order valence-corrected chi connectivity index (χ1v) is 10.1. The second-order valence-electron chi connectivity index (χ2n) is 6.73. The van der Waals surface area contributed by atoms with Crippen molar-refractivity contribution in [2.45, 2.75) is 20.3 Å². The Balaban J connectivity index is 1.89. The molecule has 0 saturated heterocycles. The molecule has 4 nitrogen and oxygen atoms in total. The highest BCUT2D eigenvalue weighted by atomic mass is 32.2. The Morgan fingerprint density at radius 3 is 2.39 bits per heavy atom. The molecular weight excluding hydrogens is 377 g/mol. The second-order valence-corrected chi connectivity index (χ2v) is 7.84. The molecule has 0 atom stereocenters. The smallest absolute Gasteiger partial charge is 0.267 e. The molecule has 2 amide bonds. The van der Waals surface area contributed by atoms with Crippen LogP contribution in [0.5, 0.6) is 0 Å². The quantitative estimate of drug-likeness (QED) is 0.724. The number of halogens is 1. The topological polar surface area (TPSA) is 57.6 Å². The number of benzene rings is 2. The van der Waals surface area contributed by atoms with Crippen molar-refractivity contribution in [2.24, 2.45) is 0 Å². The van der Waals surface area contributed by atoms with Crippen LogP contribution in [0.25, 0.3) is 5.57 Å². The molecule has 146 valence electrons. The second kappa shape index (κ2) is 8.71. The molecule has 28 heavy (non-hydrogen) atoms.